The van der Waals surface area contributed by atoms with E-state index in [0.717, 1.165) is 35.7 Å². The maximum atomic E-state index is 9.28. The molecule has 3 nitrogen and oxygen atoms in total. The van der Waals surface area contributed by atoms with Crippen molar-refractivity contribution in [3.63, 3.8) is 0 Å². The highest BCUT2D eigenvalue weighted by atomic mass is 32.2. The van der Waals surface area contributed by atoms with Crippen molar-refractivity contribution in [3.05, 3.63) is 29.3 Å². The lowest BCUT2D eigenvalue weighted by atomic mass is 10.1. The summed E-state index contributed by atoms with van der Waals surface area (Å²) in [7, 11) is 0. The summed E-state index contributed by atoms with van der Waals surface area (Å²) in [5.41, 5.74) is 8.41. The second-order valence-corrected chi connectivity index (χ2v) is 7.00. The number of hydrogen-bond acceptors (Lipinski definition) is 4. The molecule has 1 fully saturated rings. The SMILES string of the molecule is CC1(C)CN(c2ccc(CN)cc2C#N)CCS1. The van der Waals surface area contributed by atoms with E-state index in [1.54, 1.807) is 0 Å². The van der Waals surface area contributed by atoms with Crippen LogP contribution >= 0.6 is 11.8 Å². The quantitative estimate of drug-likeness (QED) is 0.888. The van der Waals surface area contributed by atoms with Gasteiger partial charge in [0.25, 0.3) is 0 Å². The Balaban J connectivity index is 2.30. The van der Waals surface area contributed by atoms with E-state index >= 15 is 0 Å². The Morgan fingerprint density at radius 3 is 2.89 bits per heavy atom. The molecule has 2 rings (SSSR count). The van der Waals surface area contributed by atoms with E-state index in [0.29, 0.717) is 6.54 Å². The van der Waals surface area contributed by atoms with Crippen LogP contribution < -0.4 is 10.6 Å². The fourth-order valence-corrected chi connectivity index (χ4v) is 3.41. The lowest BCUT2D eigenvalue weighted by Crippen LogP contribution is -2.43. The molecule has 0 aliphatic carbocycles. The normalized spacial score (nSPS) is 18.4. The molecule has 0 radical (unpaired) electrons. The zero-order valence-corrected chi connectivity index (χ0v) is 11.8. The molecule has 96 valence electrons. The number of rotatable bonds is 2. The molecule has 1 aliphatic rings. The van der Waals surface area contributed by atoms with Crippen molar-refractivity contribution in [2.75, 3.05) is 23.7 Å². The predicted molar refractivity (Wildman–Crippen MR) is 77.8 cm³/mol. The van der Waals surface area contributed by atoms with Crippen molar-refractivity contribution in [2.24, 2.45) is 5.73 Å². The Hall–Kier alpha value is -1.18. The third-order valence-electron chi connectivity index (χ3n) is 3.18. The van der Waals surface area contributed by atoms with Crippen molar-refractivity contribution >= 4 is 17.4 Å². The van der Waals surface area contributed by atoms with Crippen molar-refractivity contribution in [2.45, 2.75) is 25.1 Å². The van der Waals surface area contributed by atoms with Gasteiger partial charge in [0.1, 0.15) is 6.07 Å². The summed E-state index contributed by atoms with van der Waals surface area (Å²) in [6.45, 7) is 6.98. The van der Waals surface area contributed by atoms with Crippen molar-refractivity contribution in [3.8, 4) is 6.07 Å². The van der Waals surface area contributed by atoms with Crippen LogP contribution in [0.1, 0.15) is 25.0 Å². The summed E-state index contributed by atoms with van der Waals surface area (Å²) in [5, 5.41) is 9.28. The number of thioether (sulfide) groups is 1. The summed E-state index contributed by atoms with van der Waals surface area (Å²) in [5.74, 6) is 1.11. The van der Waals surface area contributed by atoms with Gasteiger partial charge in [0.2, 0.25) is 0 Å². The summed E-state index contributed by atoms with van der Waals surface area (Å²) in [4.78, 5) is 2.31. The van der Waals surface area contributed by atoms with Gasteiger partial charge in [-0.25, -0.2) is 0 Å². The molecule has 1 aromatic rings. The highest BCUT2D eigenvalue weighted by molar-refractivity contribution is 8.00. The molecule has 1 saturated heterocycles. The van der Waals surface area contributed by atoms with Gasteiger partial charge in [-0.3, -0.25) is 0 Å². The van der Waals surface area contributed by atoms with Crippen LogP contribution in [0.5, 0.6) is 0 Å². The van der Waals surface area contributed by atoms with Crippen molar-refractivity contribution in [1.29, 1.82) is 5.26 Å². The van der Waals surface area contributed by atoms with Crippen LogP contribution in [0.25, 0.3) is 0 Å². The minimum absolute atomic E-state index is 0.248. The summed E-state index contributed by atoms with van der Waals surface area (Å²) in [6.07, 6.45) is 0. The van der Waals surface area contributed by atoms with Crippen LogP contribution in [0.15, 0.2) is 18.2 Å². The minimum Gasteiger partial charge on any atom is -0.368 e. The Morgan fingerprint density at radius 2 is 2.28 bits per heavy atom. The number of anilines is 1. The summed E-state index contributed by atoms with van der Waals surface area (Å²) >= 11 is 2.00. The van der Waals surface area contributed by atoms with Gasteiger partial charge in [0, 0.05) is 30.1 Å². The number of nitrogens with zero attached hydrogens (tertiary/aromatic N) is 2. The van der Waals surface area contributed by atoms with Gasteiger partial charge in [-0.2, -0.15) is 17.0 Å². The molecule has 4 heteroatoms. The van der Waals surface area contributed by atoms with Gasteiger partial charge < -0.3 is 10.6 Å². The molecule has 0 spiro atoms. The van der Waals surface area contributed by atoms with Crippen LogP contribution in [0.2, 0.25) is 0 Å². The number of benzene rings is 1. The third kappa shape index (κ3) is 2.80. The maximum absolute atomic E-state index is 9.28. The first-order valence-electron chi connectivity index (χ1n) is 6.18. The molecule has 2 N–H and O–H groups in total. The lowest BCUT2D eigenvalue weighted by molar-refractivity contribution is 0.647. The number of hydrogen-bond donors (Lipinski definition) is 1. The fraction of sp³-hybridized carbons (Fsp3) is 0.500. The molecule has 0 aromatic heterocycles. The van der Waals surface area contributed by atoms with E-state index in [2.05, 4.69) is 24.8 Å². The zero-order valence-electron chi connectivity index (χ0n) is 10.9. The average Bonchev–Trinajstić information content (AvgIpc) is 2.36. The molecule has 0 atom stereocenters. The van der Waals surface area contributed by atoms with Crippen molar-refractivity contribution < 1.29 is 0 Å². The lowest BCUT2D eigenvalue weighted by Gasteiger charge is -2.39. The standard InChI is InChI=1S/C14H19N3S/c1-14(2)10-17(5-6-18-14)13-4-3-11(8-15)7-12(13)9-16/h3-4,7H,5-6,8,10,15H2,1-2H3. The van der Waals surface area contributed by atoms with Crippen molar-refractivity contribution in [1.82, 2.24) is 0 Å². The summed E-state index contributed by atoms with van der Waals surface area (Å²) < 4.78 is 0.248. The molecule has 0 bridgehead atoms. The molecule has 0 amide bonds. The van der Waals surface area contributed by atoms with Gasteiger partial charge in [-0.1, -0.05) is 6.07 Å². The van der Waals surface area contributed by atoms with E-state index in [1.807, 2.05) is 30.0 Å². The first-order valence-corrected chi connectivity index (χ1v) is 7.16. The molecule has 1 heterocycles. The van der Waals surface area contributed by atoms with Gasteiger partial charge in [-0.15, -0.1) is 0 Å². The van der Waals surface area contributed by atoms with Gasteiger partial charge in [-0.05, 0) is 31.5 Å². The minimum atomic E-state index is 0.248. The molecule has 0 unspecified atom stereocenters. The molecule has 0 saturated carbocycles. The van der Waals surface area contributed by atoms with E-state index in [4.69, 9.17) is 5.73 Å². The van der Waals surface area contributed by atoms with Gasteiger partial charge in [0.05, 0.1) is 11.3 Å². The highest BCUT2D eigenvalue weighted by Crippen LogP contribution is 2.33. The smallest absolute Gasteiger partial charge is 0.101 e. The Morgan fingerprint density at radius 1 is 1.50 bits per heavy atom. The second-order valence-electron chi connectivity index (χ2n) is 5.20. The van der Waals surface area contributed by atoms with Gasteiger partial charge in [0.15, 0.2) is 0 Å². The van der Waals surface area contributed by atoms with E-state index in [1.165, 1.54) is 0 Å². The summed E-state index contributed by atoms with van der Waals surface area (Å²) in [6, 6.07) is 8.25. The zero-order chi connectivity index (χ0) is 13.2. The van der Waals surface area contributed by atoms with Crippen LogP contribution in [-0.2, 0) is 6.54 Å². The van der Waals surface area contributed by atoms with Crippen LogP contribution in [-0.4, -0.2) is 23.6 Å². The number of nitriles is 1. The number of nitrogens with two attached hydrogens (primary N) is 1. The maximum Gasteiger partial charge on any atom is 0.101 e. The second kappa shape index (κ2) is 5.21. The average molecular weight is 261 g/mol. The first-order chi connectivity index (χ1) is 8.55. The Bertz CT molecular complexity index is 476. The van der Waals surface area contributed by atoms with E-state index in [-0.39, 0.29) is 4.75 Å². The monoisotopic (exact) mass is 261 g/mol. The van der Waals surface area contributed by atoms with E-state index < -0.39 is 0 Å². The molecule has 18 heavy (non-hydrogen) atoms. The topological polar surface area (TPSA) is 53.0 Å². The Kier molecular flexibility index (Phi) is 3.84. The molecular weight excluding hydrogens is 242 g/mol. The Labute approximate surface area is 113 Å². The highest BCUT2D eigenvalue weighted by Gasteiger charge is 2.28. The fourth-order valence-electron chi connectivity index (χ4n) is 2.30. The largest absolute Gasteiger partial charge is 0.368 e. The molecule has 1 aliphatic heterocycles. The van der Waals surface area contributed by atoms with Crippen LogP contribution in [0.3, 0.4) is 0 Å². The third-order valence-corrected chi connectivity index (χ3v) is 4.48. The predicted octanol–water partition coefficient (Wildman–Crippen LogP) is 2.35. The van der Waals surface area contributed by atoms with E-state index in [9.17, 15) is 5.26 Å². The van der Waals surface area contributed by atoms with Gasteiger partial charge >= 0.3 is 0 Å². The van der Waals surface area contributed by atoms with Crippen LogP contribution in [0, 0.1) is 11.3 Å². The molecule has 1 aromatic carbocycles. The first kappa shape index (κ1) is 13.3. The van der Waals surface area contributed by atoms with Crippen LogP contribution in [0.4, 0.5) is 5.69 Å². The molecular formula is C14H19N3S.